The lowest BCUT2D eigenvalue weighted by Crippen LogP contribution is -2.36. The fourth-order valence-corrected chi connectivity index (χ4v) is 3.01. The van der Waals surface area contributed by atoms with Crippen molar-refractivity contribution in [3.63, 3.8) is 0 Å². The summed E-state index contributed by atoms with van der Waals surface area (Å²) in [6.45, 7) is 1.88. The van der Waals surface area contributed by atoms with Gasteiger partial charge in [-0.05, 0) is 49.7 Å². The van der Waals surface area contributed by atoms with E-state index in [0.29, 0.717) is 6.42 Å². The van der Waals surface area contributed by atoms with Crippen molar-refractivity contribution in [2.45, 2.75) is 25.8 Å². The van der Waals surface area contributed by atoms with E-state index in [1.807, 2.05) is 6.07 Å². The first-order valence-electron chi connectivity index (χ1n) is 7.86. The number of rotatable bonds is 6. The Morgan fingerprint density at radius 2 is 1.81 bits per heavy atom. The van der Waals surface area contributed by atoms with Gasteiger partial charge in [0.15, 0.2) is 0 Å². The molecule has 6 nitrogen and oxygen atoms in total. The largest absolute Gasteiger partial charge is 0.573 e. The molecule has 0 fully saturated rings. The summed E-state index contributed by atoms with van der Waals surface area (Å²) in [6.07, 6.45) is -4.86. The Balaban J connectivity index is 1.78. The van der Waals surface area contributed by atoms with Gasteiger partial charge in [0.2, 0.25) is 0 Å². The number of halogens is 3. The quantitative estimate of drug-likeness (QED) is 0.649. The number of aliphatic hydroxyl groups is 1. The molecule has 2 rings (SSSR count). The summed E-state index contributed by atoms with van der Waals surface area (Å²) in [4.78, 5) is 25.3. The Kier molecular flexibility index (Phi) is 6.81. The molecule has 10 heteroatoms. The highest BCUT2D eigenvalue weighted by atomic mass is 32.1. The molecule has 2 amide bonds. The van der Waals surface area contributed by atoms with Gasteiger partial charge in [0.25, 0.3) is 0 Å². The molecule has 1 heterocycles. The van der Waals surface area contributed by atoms with Gasteiger partial charge in [0, 0.05) is 22.0 Å². The van der Waals surface area contributed by atoms with Crippen molar-refractivity contribution in [2.75, 3.05) is 11.9 Å². The Labute approximate surface area is 157 Å². The summed E-state index contributed by atoms with van der Waals surface area (Å²) in [5, 5.41) is 14.2. The molecule has 1 atom stereocenters. The van der Waals surface area contributed by atoms with Crippen molar-refractivity contribution in [3.05, 3.63) is 46.2 Å². The van der Waals surface area contributed by atoms with E-state index < -0.39 is 30.0 Å². The van der Waals surface area contributed by atoms with Gasteiger partial charge < -0.3 is 20.5 Å². The van der Waals surface area contributed by atoms with Gasteiger partial charge in [-0.2, -0.15) is 0 Å². The molecule has 2 aromatic rings. The number of aliphatic hydroxyl groups excluding tert-OH is 1. The highest BCUT2D eigenvalue weighted by Crippen LogP contribution is 2.24. The molecule has 0 unspecified atom stereocenters. The second-order valence-electron chi connectivity index (χ2n) is 5.51. The minimum atomic E-state index is -4.80. The van der Waals surface area contributed by atoms with E-state index in [9.17, 15) is 27.9 Å². The molecule has 0 saturated heterocycles. The van der Waals surface area contributed by atoms with Crippen LogP contribution in [-0.4, -0.2) is 29.8 Å². The van der Waals surface area contributed by atoms with Gasteiger partial charge in [0.1, 0.15) is 5.75 Å². The van der Waals surface area contributed by atoms with Crippen LogP contribution in [0.25, 0.3) is 0 Å². The third-order valence-corrected chi connectivity index (χ3v) is 4.62. The first-order chi connectivity index (χ1) is 12.6. The molecule has 0 bridgehead atoms. The van der Waals surface area contributed by atoms with E-state index in [4.69, 9.17) is 0 Å². The molecule has 146 valence electrons. The van der Waals surface area contributed by atoms with Gasteiger partial charge in [-0.3, -0.25) is 9.59 Å². The monoisotopic (exact) mass is 402 g/mol. The third kappa shape index (κ3) is 6.91. The maximum atomic E-state index is 12.1. The highest BCUT2D eigenvalue weighted by molar-refractivity contribution is 7.12. The number of benzene rings is 1. The molecule has 0 aliphatic rings. The van der Waals surface area contributed by atoms with Crippen LogP contribution in [0.5, 0.6) is 5.75 Å². The van der Waals surface area contributed by atoms with Crippen LogP contribution in [0.3, 0.4) is 0 Å². The molecule has 0 aliphatic heterocycles. The zero-order valence-electron chi connectivity index (χ0n) is 14.2. The van der Waals surface area contributed by atoms with E-state index in [2.05, 4.69) is 15.4 Å². The Hall–Kier alpha value is -2.59. The number of anilines is 1. The zero-order valence-corrected chi connectivity index (χ0v) is 15.0. The van der Waals surface area contributed by atoms with Crippen LogP contribution in [-0.2, 0) is 16.0 Å². The minimum absolute atomic E-state index is 0.157. The molecule has 0 spiro atoms. The first-order valence-corrected chi connectivity index (χ1v) is 8.67. The van der Waals surface area contributed by atoms with Crippen molar-refractivity contribution in [3.8, 4) is 5.75 Å². The number of carbonyl (C=O) groups excluding carboxylic acids is 2. The SMILES string of the molecule is C[C@@H](O)c1ccc(CCNC(=O)C(=O)Nc2ccc(OC(F)(F)F)cc2)s1. The molecule has 27 heavy (non-hydrogen) atoms. The molecule has 1 aromatic heterocycles. The van der Waals surface area contributed by atoms with Crippen LogP contribution >= 0.6 is 11.3 Å². The summed E-state index contributed by atoms with van der Waals surface area (Å²) in [5.74, 6) is -2.23. The second-order valence-corrected chi connectivity index (χ2v) is 6.71. The van der Waals surface area contributed by atoms with Crippen LogP contribution in [0.4, 0.5) is 18.9 Å². The number of amides is 2. The third-order valence-electron chi connectivity index (χ3n) is 3.30. The summed E-state index contributed by atoms with van der Waals surface area (Å²) < 4.78 is 40.0. The lowest BCUT2D eigenvalue weighted by molar-refractivity contribution is -0.274. The maximum Gasteiger partial charge on any atom is 0.573 e. The normalized spacial score (nSPS) is 12.3. The van der Waals surface area contributed by atoms with Crippen LogP contribution in [0.15, 0.2) is 36.4 Å². The van der Waals surface area contributed by atoms with E-state index in [1.165, 1.54) is 23.5 Å². The summed E-state index contributed by atoms with van der Waals surface area (Å²) >= 11 is 1.42. The average Bonchev–Trinajstić information content (AvgIpc) is 3.04. The first kappa shape index (κ1) is 20.7. The van der Waals surface area contributed by atoms with Crippen LogP contribution in [0.2, 0.25) is 0 Å². The second kappa shape index (κ2) is 8.87. The van der Waals surface area contributed by atoms with Gasteiger partial charge in [0.05, 0.1) is 6.10 Å². The predicted molar refractivity (Wildman–Crippen MR) is 93.4 cm³/mol. The Morgan fingerprint density at radius 3 is 2.37 bits per heavy atom. The van der Waals surface area contributed by atoms with E-state index >= 15 is 0 Å². The fraction of sp³-hybridized carbons (Fsp3) is 0.294. The smallest absolute Gasteiger partial charge is 0.406 e. The minimum Gasteiger partial charge on any atom is -0.406 e. The number of carbonyl (C=O) groups is 2. The highest BCUT2D eigenvalue weighted by Gasteiger charge is 2.31. The standard InChI is InChI=1S/C17H17F3N2O4S/c1-10(23)14-7-6-13(27-14)8-9-21-15(24)16(25)22-11-2-4-12(5-3-11)26-17(18,19)20/h2-7,10,23H,8-9H2,1H3,(H,21,24)(H,22,25)/t10-/m1/s1. The number of thiophene rings is 1. The number of hydrogen-bond donors (Lipinski definition) is 3. The van der Waals surface area contributed by atoms with Gasteiger partial charge in [-0.15, -0.1) is 24.5 Å². The predicted octanol–water partition coefficient (Wildman–Crippen LogP) is 3.00. The van der Waals surface area contributed by atoms with E-state index in [-0.39, 0.29) is 12.2 Å². The number of ether oxygens (including phenoxy) is 1. The van der Waals surface area contributed by atoms with Gasteiger partial charge >= 0.3 is 18.2 Å². The molecule has 1 aromatic carbocycles. The maximum absolute atomic E-state index is 12.1. The lowest BCUT2D eigenvalue weighted by atomic mass is 10.3. The number of alkyl halides is 3. The summed E-state index contributed by atoms with van der Waals surface area (Å²) in [7, 11) is 0. The lowest BCUT2D eigenvalue weighted by Gasteiger charge is -2.10. The molecular formula is C17H17F3N2O4S. The number of hydrogen-bond acceptors (Lipinski definition) is 5. The van der Waals surface area contributed by atoms with Crippen molar-refractivity contribution < 1.29 is 32.6 Å². The summed E-state index contributed by atoms with van der Waals surface area (Å²) in [5.41, 5.74) is 0.157. The molecule has 0 saturated carbocycles. The molecule has 0 radical (unpaired) electrons. The van der Waals surface area contributed by atoms with Crippen LogP contribution in [0, 0.1) is 0 Å². The van der Waals surface area contributed by atoms with E-state index in [1.54, 1.807) is 13.0 Å². The Bertz CT molecular complexity index is 788. The van der Waals surface area contributed by atoms with Crippen LogP contribution < -0.4 is 15.4 Å². The average molecular weight is 402 g/mol. The molecule has 0 aliphatic carbocycles. The van der Waals surface area contributed by atoms with Crippen molar-refractivity contribution in [1.29, 1.82) is 0 Å². The zero-order chi connectivity index (χ0) is 20.0. The molecular weight excluding hydrogens is 385 g/mol. The van der Waals surface area contributed by atoms with Gasteiger partial charge in [-0.25, -0.2) is 0 Å². The van der Waals surface area contributed by atoms with Crippen molar-refractivity contribution in [1.82, 2.24) is 5.32 Å². The van der Waals surface area contributed by atoms with Crippen molar-refractivity contribution in [2.24, 2.45) is 0 Å². The number of nitrogens with one attached hydrogen (secondary N) is 2. The molecule has 3 N–H and O–H groups in total. The fourth-order valence-electron chi connectivity index (χ4n) is 2.06. The topological polar surface area (TPSA) is 87.7 Å². The van der Waals surface area contributed by atoms with Crippen molar-refractivity contribution >= 4 is 28.8 Å². The summed E-state index contributed by atoms with van der Waals surface area (Å²) in [6, 6.07) is 8.06. The van der Waals surface area contributed by atoms with E-state index in [0.717, 1.165) is 21.9 Å². The van der Waals surface area contributed by atoms with Crippen LogP contribution in [0.1, 0.15) is 22.8 Å². The van der Waals surface area contributed by atoms with Gasteiger partial charge in [-0.1, -0.05) is 0 Å². The Morgan fingerprint density at radius 1 is 1.15 bits per heavy atom.